The maximum absolute atomic E-state index is 6.69. The summed E-state index contributed by atoms with van der Waals surface area (Å²) >= 11 is 1.81. The second-order valence-corrected chi connectivity index (χ2v) is 17.8. The Morgan fingerprint density at radius 3 is 1.85 bits per heavy atom. The summed E-state index contributed by atoms with van der Waals surface area (Å²) in [5.41, 5.74) is 9.77. The van der Waals surface area contributed by atoms with Gasteiger partial charge in [-0.15, -0.1) is 11.3 Å². The Morgan fingerprint density at radius 2 is 1.02 bits per heavy atom. The molecule has 6 heteroatoms. The van der Waals surface area contributed by atoms with Crippen LogP contribution < -0.4 is 0 Å². The van der Waals surface area contributed by atoms with Crippen molar-refractivity contribution in [3.05, 3.63) is 206 Å². The van der Waals surface area contributed by atoms with Crippen LogP contribution in [0.3, 0.4) is 0 Å². The van der Waals surface area contributed by atoms with Crippen molar-refractivity contribution in [3.63, 3.8) is 0 Å². The van der Waals surface area contributed by atoms with E-state index in [0.29, 0.717) is 17.5 Å². The molecule has 0 N–H and O–H groups in total. The molecule has 0 aliphatic heterocycles. The molecule has 0 saturated carbocycles. The number of para-hydroxylation sites is 1. The average molecular weight is 847 g/mol. The molecular formula is C59H34N4OS. The van der Waals surface area contributed by atoms with E-state index >= 15 is 0 Å². The third-order valence-corrected chi connectivity index (χ3v) is 14.1. The SMILES string of the molecule is c1ccc(-c2nc(-c3ccc4sc5ccccc5c4c3)nc(-c3ccc(-n4c5ccccc5c5cc6ccccc6cc54)cc3-c3cccc4oc5cc6ccccc6cc5c34)n2)cc1. The maximum Gasteiger partial charge on any atom is 0.164 e. The van der Waals surface area contributed by atoms with Gasteiger partial charge in [-0.3, -0.25) is 0 Å². The van der Waals surface area contributed by atoms with Crippen molar-refractivity contribution in [2.24, 2.45) is 0 Å². The zero-order valence-electron chi connectivity index (χ0n) is 34.7. The van der Waals surface area contributed by atoms with Gasteiger partial charge in [0, 0.05) is 64.1 Å². The summed E-state index contributed by atoms with van der Waals surface area (Å²) in [7, 11) is 0. The highest BCUT2D eigenvalue weighted by Crippen LogP contribution is 2.44. The van der Waals surface area contributed by atoms with E-state index in [1.165, 1.54) is 41.7 Å². The van der Waals surface area contributed by atoms with Gasteiger partial charge in [0.05, 0.1) is 11.0 Å². The molecule has 0 unspecified atom stereocenters. The van der Waals surface area contributed by atoms with Crippen molar-refractivity contribution in [1.82, 2.24) is 19.5 Å². The quantitative estimate of drug-likeness (QED) is 0.173. The van der Waals surface area contributed by atoms with Crippen molar-refractivity contribution in [2.45, 2.75) is 0 Å². The van der Waals surface area contributed by atoms with Crippen molar-refractivity contribution < 1.29 is 4.42 Å². The third kappa shape index (κ3) is 5.67. The third-order valence-electron chi connectivity index (χ3n) is 13.0. The van der Waals surface area contributed by atoms with Crippen LogP contribution in [0.15, 0.2) is 211 Å². The molecule has 0 atom stereocenters. The number of furan rings is 1. The molecule has 0 saturated heterocycles. The number of hydrogen-bond acceptors (Lipinski definition) is 5. The van der Waals surface area contributed by atoms with Gasteiger partial charge < -0.3 is 8.98 Å². The minimum Gasteiger partial charge on any atom is -0.456 e. The van der Waals surface area contributed by atoms with Gasteiger partial charge >= 0.3 is 0 Å². The molecule has 0 amide bonds. The van der Waals surface area contributed by atoms with Crippen molar-refractivity contribution in [1.29, 1.82) is 0 Å². The number of hydrogen-bond donors (Lipinski definition) is 0. The summed E-state index contributed by atoms with van der Waals surface area (Å²) in [6.45, 7) is 0. The van der Waals surface area contributed by atoms with E-state index < -0.39 is 0 Å². The lowest BCUT2D eigenvalue weighted by Crippen LogP contribution is -2.02. The number of aromatic nitrogens is 4. The monoisotopic (exact) mass is 846 g/mol. The molecule has 14 rings (SSSR count). The molecule has 0 radical (unpaired) electrons. The second kappa shape index (κ2) is 14.0. The van der Waals surface area contributed by atoms with Crippen LogP contribution in [-0.4, -0.2) is 19.5 Å². The largest absolute Gasteiger partial charge is 0.456 e. The van der Waals surface area contributed by atoms with Crippen LogP contribution >= 0.6 is 11.3 Å². The van der Waals surface area contributed by atoms with Crippen LogP contribution in [0.25, 0.3) is 136 Å². The Hall–Kier alpha value is -8.45. The fourth-order valence-electron chi connectivity index (χ4n) is 9.97. The number of thiophene rings is 1. The Balaban J connectivity index is 1.07. The zero-order valence-corrected chi connectivity index (χ0v) is 35.6. The molecule has 14 aromatic rings. The Labute approximate surface area is 376 Å². The van der Waals surface area contributed by atoms with Crippen LogP contribution in [0.2, 0.25) is 0 Å². The van der Waals surface area contributed by atoms with Crippen molar-refractivity contribution in [3.8, 4) is 51.0 Å². The van der Waals surface area contributed by atoms with Crippen LogP contribution in [0.4, 0.5) is 0 Å². The first-order valence-corrected chi connectivity index (χ1v) is 22.6. The second-order valence-electron chi connectivity index (χ2n) is 16.8. The number of fused-ring (bicyclic) bond motifs is 11. The van der Waals surface area contributed by atoms with Crippen LogP contribution in [0, 0.1) is 0 Å². The molecule has 0 fully saturated rings. The highest BCUT2D eigenvalue weighted by molar-refractivity contribution is 7.25. The molecule has 4 heterocycles. The summed E-state index contributed by atoms with van der Waals surface area (Å²) in [5, 5.41) is 11.7. The van der Waals surface area contributed by atoms with E-state index in [0.717, 1.165) is 77.2 Å². The Kier molecular flexibility index (Phi) is 7.79. The molecule has 10 aromatic carbocycles. The van der Waals surface area contributed by atoms with E-state index in [4.69, 9.17) is 19.4 Å². The van der Waals surface area contributed by atoms with E-state index in [1.54, 1.807) is 11.3 Å². The van der Waals surface area contributed by atoms with Crippen molar-refractivity contribution in [2.75, 3.05) is 0 Å². The van der Waals surface area contributed by atoms with Crippen LogP contribution in [-0.2, 0) is 0 Å². The molecule has 5 nitrogen and oxygen atoms in total. The minimum absolute atomic E-state index is 0.592. The first-order chi connectivity index (χ1) is 32.2. The molecule has 302 valence electrons. The lowest BCUT2D eigenvalue weighted by Gasteiger charge is -2.16. The number of nitrogens with zero attached hydrogens (tertiary/aromatic N) is 4. The topological polar surface area (TPSA) is 56.7 Å². The lowest BCUT2D eigenvalue weighted by molar-refractivity contribution is 0.669. The first-order valence-electron chi connectivity index (χ1n) is 21.8. The zero-order chi connectivity index (χ0) is 42.6. The van der Waals surface area contributed by atoms with Gasteiger partial charge in [-0.25, -0.2) is 15.0 Å². The molecule has 65 heavy (non-hydrogen) atoms. The molecule has 0 aliphatic rings. The van der Waals surface area contributed by atoms with Gasteiger partial charge in [0.15, 0.2) is 17.5 Å². The smallest absolute Gasteiger partial charge is 0.164 e. The van der Waals surface area contributed by atoms with Gasteiger partial charge in [0.2, 0.25) is 0 Å². The fraction of sp³-hybridized carbons (Fsp3) is 0. The predicted molar refractivity (Wildman–Crippen MR) is 271 cm³/mol. The minimum atomic E-state index is 0.592. The van der Waals surface area contributed by atoms with E-state index in [9.17, 15) is 0 Å². The Bertz CT molecular complexity index is 4260. The highest BCUT2D eigenvalue weighted by atomic mass is 32.1. The molecule has 0 aliphatic carbocycles. The van der Waals surface area contributed by atoms with Gasteiger partial charge in [0.1, 0.15) is 11.2 Å². The Morgan fingerprint density at radius 1 is 0.354 bits per heavy atom. The van der Waals surface area contributed by atoms with E-state index in [2.05, 4.69) is 193 Å². The summed E-state index contributed by atoms with van der Waals surface area (Å²) in [6.07, 6.45) is 0. The average Bonchev–Trinajstić information content (AvgIpc) is 4.03. The molecule has 4 aromatic heterocycles. The lowest BCUT2D eigenvalue weighted by atomic mass is 9.93. The fourth-order valence-corrected chi connectivity index (χ4v) is 11.1. The number of benzene rings is 10. The number of rotatable bonds is 5. The van der Waals surface area contributed by atoms with Gasteiger partial charge in [0.25, 0.3) is 0 Å². The van der Waals surface area contributed by atoms with Gasteiger partial charge in [-0.1, -0.05) is 127 Å². The normalized spacial score (nSPS) is 12.0. The van der Waals surface area contributed by atoms with Gasteiger partial charge in [-0.05, 0) is 112 Å². The summed E-state index contributed by atoms with van der Waals surface area (Å²) in [4.78, 5) is 15.9. The molecule has 0 spiro atoms. The standard InChI is InChI=1S/C59H34N4OS/c1-2-13-35(14-3-1)57-60-58(40-25-28-55-48(31-40)43-20-9-11-24-54(43)65-55)62-59(61-57)45-27-26-41(63-50-22-10-8-19-42(50)47-29-36-15-4-6-17-38(36)32-51(47)63)34-46(45)44-21-12-23-52-56(44)49-30-37-16-5-7-18-39(37)33-53(49)64-52/h1-34H. The first kappa shape index (κ1) is 36.1. The molecular weight excluding hydrogens is 813 g/mol. The predicted octanol–water partition coefficient (Wildman–Crippen LogP) is 16.2. The summed E-state index contributed by atoms with van der Waals surface area (Å²) in [5.74, 6) is 1.83. The van der Waals surface area contributed by atoms with Crippen LogP contribution in [0.5, 0.6) is 0 Å². The molecule has 0 bridgehead atoms. The van der Waals surface area contributed by atoms with E-state index in [-0.39, 0.29) is 0 Å². The highest BCUT2D eigenvalue weighted by Gasteiger charge is 2.22. The van der Waals surface area contributed by atoms with E-state index in [1.807, 2.05) is 18.2 Å². The van der Waals surface area contributed by atoms with Crippen molar-refractivity contribution >= 4 is 96.8 Å². The van der Waals surface area contributed by atoms with Gasteiger partial charge in [-0.2, -0.15) is 0 Å². The maximum atomic E-state index is 6.69. The van der Waals surface area contributed by atoms with Crippen LogP contribution in [0.1, 0.15) is 0 Å². The summed E-state index contributed by atoms with van der Waals surface area (Å²) in [6, 6.07) is 73.4. The summed E-state index contributed by atoms with van der Waals surface area (Å²) < 4.78 is 11.6.